The SMILES string of the molecule is CCCNCc1cccc(OCCN(CC)CCC)c1. The van der Waals surface area contributed by atoms with E-state index in [1.165, 1.54) is 18.4 Å². The molecule has 0 radical (unpaired) electrons. The molecule has 0 amide bonds. The molecule has 0 fully saturated rings. The Kier molecular flexibility index (Phi) is 9.09. The van der Waals surface area contributed by atoms with Gasteiger partial charge in [-0.15, -0.1) is 0 Å². The third kappa shape index (κ3) is 6.92. The van der Waals surface area contributed by atoms with Gasteiger partial charge in [-0.1, -0.05) is 32.9 Å². The van der Waals surface area contributed by atoms with Crippen molar-refractivity contribution < 1.29 is 4.74 Å². The summed E-state index contributed by atoms with van der Waals surface area (Å²) in [4.78, 5) is 2.42. The molecule has 0 atom stereocenters. The smallest absolute Gasteiger partial charge is 0.119 e. The molecule has 0 saturated heterocycles. The Morgan fingerprint density at radius 1 is 1.10 bits per heavy atom. The van der Waals surface area contributed by atoms with E-state index in [0.29, 0.717) is 0 Å². The summed E-state index contributed by atoms with van der Waals surface area (Å²) in [5.41, 5.74) is 1.29. The Labute approximate surface area is 124 Å². The average Bonchev–Trinajstić information content (AvgIpc) is 2.47. The number of hydrogen-bond acceptors (Lipinski definition) is 3. The summed E-state index contributed by atoms with van der Waals surface area (Å²) < 4.78 is 5.86. The molecule has 1 aromatic rings. The second kappa shape index (κ2) is 10.7. The van der Waals surface area contributed by atoms with Crippen molar-refractivity contribution in [3.63, 3.8) is 0 Å². The molecule has 0 spiro atoms. The number of nitrogens with zero attached hydrogens (tertiary/aromatic N) is 1. The van der Waals surface area contributed by atoms with Gasteiger partial charge in [0.15, 0.2) is 0 Å². The summed E-state index contributed by atoms with van der Waals surface area (Å²) in [5, 5.41) is 3.41. The van der Waals surface area contributed by atoms with Gasteiger partial charge in [0.25, 0.3) is 0 Å². The van der Waals surface area contributed by atoms with Crippen LogP contribution in [0.2, 0.25) is 0 Å². The summed E-state index contributed by atoms with van der Waals surface area (Å²) in [6.07, 6.45) is 2.37. The Hall–Kier alpha value is -1.06. The van der Waals surface area contributed by atoms with Crippen LogP contribution < -0.4 is 10.1 Å². The molecule has 3 nitrogen and oxygen atoms in total. The van der Waals surface area contributed by atoms with Gasteiger partial charge in [0, 0.05) is 13.1 Å². The lowest BCUT2D eigenvalue weighted by Gasteiger charge is -2.19. The molecule has 0 aliphatic heterocycles. The van der Waals surface area contributed by atoms with Gasteiger partial charge in [0.05, 0.1) is 0 Å². The van der Waals surface area contributed by atoms with Crippen molar-refractivity contribution in [1.29, 1.82) is 0 Å². The largest absolute Gasteiger partial charge is 0.492 e. The van der Waals surface area contributed by atoms with Gasteiger partial charge in [-0.05, 0) is 50.2 Å². The van der Waals surface area contributed by atoms with Gasteiger partial charge in [0.2, 0.25) is 0 Å². The fourth-order valence-electron chi connectivity index (χ4n) is 2.19. The van der Waals surface area contributed by atoms with Crippen LogP contribution in [0.1, 0.15) is 39.2 Å². The Bertz CT molecular complexity index is 355. The zero-order chi connectivity index (χ0) is 14.6. The number of likely N-dealkylation sites (N-methyl/N-ethyl adjacent to an activating group) is 1. The van der Waals surface area contributed by atoms with Crippen LogP contribution >= 0.6 is 0 Å². The lowest BCUT2D eigenvalue weighted by Crippen LogP contribution is -2.29. The number of ether oxygens (including phenoxy) is 1. The van der Waals surface area contributed by atoms with Gasteiger partial charge >= 0.3 is 0 Å². The predicted molar refractivity (Wildman–Crippen MR) is 86.3 cm³/mol. The molecular weight excluding hydrogens is 248 g/mol. The zero-order valence-electron chi connectivity index (χ0n) is 13.3. The number of benzene rings is 1. The molecule has 1 rings (SSSR count). The van der Waals surface area contributed by atoms with E-state index in [0.717, 1.165) is 45.1 Å². The van der Waals surface area contributed by atoms with Crippen LogP contribution in [0, 0.1) is 0 Å². The van der Waals surface area contributed by atoms with E-state index in [4.69, 9.17) is 4.74 Å². The normalized spacial score (nSPS) is 11.0. The minimum Gasteiger partial charge on any atom is -0.492 e. The first-order chi connectivity index (χ1) is 9.80. The lowest BCUT2D eigenvalue weighted by molar-refractivity contribution is 0.216. The highest BCUT2D eigenvalue weighted by molar-refractivity contribution is 5.28. The first kappa shape index (κ1) is 17.0. The van der Waals surface area contributed by atoms with Crippen LogP contribution in [0.25, 0.3) is 0 Å². The summed E-state index contributed by atoms with van der Waals surface area (Å²) in [6, 6.07) is 8.39. The van der Waals surface area contributed by atoms with Crippen molar-refractivity contribution in [3.8, 4) is 5.75 Å². The second-order valence-corrected chi connectivity index (χ2v) is 5.11. The van der Waals surface area contributed by atoms with Gasteiger partial charge in [0.1, 0.15) is 12.4 Å². The molecule has 0 bridgehead atoms. The minimum absolute atomic E-state index is 0.764. The van der Waals surface area contributed by atoms with Crippen LogP contribution in [0.15, 0.2) is 24.3 Å². The van der Waals surface area contributed by atoms with E-state index in [1.807, 2.05) is 6.07 Å². The fourth-order valence-corrected chi connectivity index (χ4v) is 2.19. The summed E-state index contributed by atoms with van der Waals surface area (Å²) >= 11 is 0. The Morgan fingerprint density at radius 2 is 1.95 bits per heavy atom. The van der Waals surface area contributed by atoms with Gasteiger partial charge in [-0.3, -0.25) is 0 Å². The highest BCUT2D eigenvalue weighted by Gasteiger charge is 2.01. The monoisotopic (exact) mass is 278 g/mol. The predicted octanol–water partition coefficient (Wildman–Crippen LogP) is 3.30. The number of nitrogens with one attached hydrogen (secondary N) is 1. The third-order valence-corrected chi connectivity index (χ3v) is 3.32. The fraction of sp³-hybridized carbons (Fsp3) is 0.647. The summed E-state index contributed by atoms with van der Waals surface area (Å²) in [6.45, 7) is 12.6. The van der Waals surface area contributed by atoms with Crippen molar-refractivity contribution in [3.05, 3.63) is 29.8 Å². The van der Waals surface area contributed by atoms with Crippen LogP contribution in [-0.4, -0.2) is 37.7 Å². The number of hydrogen-bond donors (Lipinski definition) is 1. The summed E-state index contributed by atoms with van der Waals surface area (Å²) in [7, 11) is 0. The van der Waals surface area contributed by atoms with Gasteiger partial charge < -0.3 is 15.0 Å². The molecule has 1 aromatic carbocycles. The molecule has 1 N–H and O–H groups in total. The lowest BCUT2D eigenvalue weighted by atomic mass is 10.2. The van der Waals surface area contributed by atoms with Crippen LogP contribution in [0.4, 0.5) is 0 Å². The second-order valence-electron chi connectivity index (χ2n) is 5.11. The molecular formula is C17H30N2O. The van der Waals surface area contributed by atoms with E-state index in [9.17, 15) is 0 Å². The van der Waals surface area contributed by atoms with E-state index < -0.39 is 0 Å². The Morgan fingerprint density at radius 3 is 2.65 bits per heavy atom. The molecule has 20 heavy (non-hydrogen) atoms. The molecule has 0 aliphatic carbocycles. The molecule has 114 valence electrons. The topological polar surface area (TPSA) is 24.5 Å². The van der Waals surface area contributed by atoms with E-state index in [1.54, 1.807) is 0 Å². The molecule has 0 aliphatic rings. The van der Waals surface area contributed by atoms with E-state index in [-0.39, 0.29) is 0 Å². The van der Waals surface area contributed by atoms with Crippen molar-refractivity contribution in [2.75, 3.05) is 32.8 Å². The van der Waals surface area contributed by atoms with Crippen LogP contribution in [0.5, 0.6) is 5.75 Å². The maximum atomic E-state index is 5.86. The average molecular weight is 278 g/mol. The van der Waals surface area contributed by atoms with Crippen molar-refractivity contribution in [1.82, 2.24) is 10.2 Å². The quantitative estimate of drug-likeness (QED) is 0.629. The van der Waals surface area contributed by atoms with Crippen molar-refractivity contribution in [2.24, 2.45) is 0 Å². The maximum Gasteiger partial charge on any atom is 0.119 e. The zero-order valence-corrected chi connectivity index (χ0v) is 13.3. The standard InChI is InChI=1S/C17H30N2O/c1-4-10-18-15-16-8-7-9-17(14-16)20-13-12-19(6-3)11-5-2/h7-9,14,18H,4-6,10-13,15H2,1-3H3. The molecule has 3 heteroatoms. The van der Waals surface area contributed by atoms with Gasteiger partial charge in [-0.2, -0.15) is 0 Å². The van der Waals surface area contributed by atoms with Gasteiger partial charge in [-0.25, -0.2) is 0 Å². The van der Waals surface area contributed by atoms with Crippen LogP contribution in [-0.2, 0) is 6.54 Å². The minimum atomic E-state index is 0.764. The number of rotatable bonds is 11. The Balaban J connectivity index is 2.34. The molecule has 0 aromatic heterocycles. The molecule has 0 unspecified atom stereocenters. The molecule has 0 heterocycles. The first-order valence-corrected chi connectivity index (χ1v) is 7.94. The van der Waals surface area contributed by atoms with E-state index >= 15 is 0 Å². The molecule has 0 saturated carbocycles. The highest BCUT2D eigenvalue weighted by atomic mass is 16.5. The first-order valence-electron chi connectivity index (χ1n) is 7.94. The van der Waals surface area contributed by atoms with E-state index in [2.05, 4.69) is 49.2 Å². The highest BCUT2D eigenvalue weighted by Crippen LogP contribution is 2.13. The third-order valence-electron chi connectivity index (χ3n) is 3.32. The van der Waals surface area contributed by atoms with Crippen molar-refractivity contribution in [2.45, 2.75) is 40.2 Å². The maximum absolute atomic E-state index is 5.86. The van der Waals surface area contributed by atoms with Crippen molar-refractivity contribution >= 4 is 0 Å². The van der Waals surface area contributed by atoms with Crippen LogP contribution in [0.3, 0.4) is 0 Å². The summed E-state index contributed by atoms with van der Waals surface area (Å²) in [5.74, 6) is 0.980.